The lowest BCUT2D eigenvalue weighted by Crippen LogP contribution is -2.48. The van der Waals surface area contributed by atoms with Crippen LogP contribution in [0.3, 0.4) is 0 Å². The van der Waals surface area contributed by atoms with Crippen LogP contribution < -0.4 is 5.32 Å². The van der Waals surface area contributed by atoms with Gasteiger partial charge in [0.15, 0.2) is 0 Å². The van der Waals surface area contributed by atoms with Crippen LogP contribution in [0, 0.1) is 0 Å². The Hall–Kier alpha value is -1.88. The molecule has 1 atom stereocenters. The van der Waals surface area contributed by atoms with Gasteiger partial charge in [-0.15, -0.1) is 0 Å². The van der Waals surface area contributed by atoms with Crippen molar-refractivity contribution in [2.24, 2.45) is 0 Å². The molecule has 0 radical (unpaired) electrons. The van der Waals surface area contributed by atoms with Crippen molar-refractivity contribution in [3.8, 4) is 0 Å². The molecule has 0 aliphatic carbocycles. The lowest BCUT2D eigenvalue weighted by molar-refractivity contribution is -0.127. The first kappa shape index (κ1) is 15.5. The first-order valence-electron chi connectivity index (χ1n) is 7.28. The van der Waals surface area contributed by atoms with Crippen LogP contribution in [0.4, 0.5) is 0 Å². The van der Waals surface area contributed by atoms with Gasteiger partial charge in [0.1, 0.15) is 0 Å². The van der Waals surface area contributed by atoms with Gasteiger partial charge < -0.3 is 10.1 Å². The fraction of sp³-hybridized carbons (Fsp3) is 0.500. The van der Waals surface area contributed by atoms with Gasteiger partial charge in [-0.1, -0.05) is 18.6 Å². The average molecular weight is 290 g/mol. The Labute approximate surface area is 125 Å². The monoisotopic (exact) mass is 290 g/mol. The Bertz CT molecular complexity index is 499. The minimum Gasteiger partial charge on any atom is -0.465 e. The third kappa shape index (κ3) is 3.82. The molecule has 0 saturated carbocycles. The molecule has 1 aliphatic heterocycles. The number of nitrogens with one attached hydrogen (secondary N) is 1. The van der Waals surface area contributed by atoms with E-state index in [0.29, 0.717) is 5.56 Å². The predicted molar refractivity (Wildman–Crippen MR) is 79.9 cm³/mol. The zero-order valence-electron chi connectivity index (χ0n) is 12.6. The zero-order chi connectivity index (χ0) is 15.2. The summed E-state index contributed by atoms with van der Waals surface area (Å²) in [6, 6.07) is 7.31. The van der Waals surface area contributed by atoms with Gasteiger partial charge in [-0.05, 0) is 37.1 Å². The van der Waals surface area contributed by atoms with Gasteiger partial charge in [0.05, 0.1) is 18.7 Å². The van der Waals surface area contributed by atoms with Crippen molar-refractivity contribution in [3.63, 3.8) is 0 Å². The van der Waals surface area contributed by atoms with E-state index in [9.17, 15) is 9.59 Å². The summed E-state index contributed by atoms with van der Waals surface area (Å²) in [5, 5.41) is 2.74. The first-order chi connectivity index (χ1) is 10.2. The number of carbonyl (C=O) groups is 2. The molecule has 1 N–H and O–H groups in total. The second-order valence-corrected chi connectivity index (χ2v) is 5.28. The van der Waals surface area contributed by atoms with Crippen molar-refractivity contribution < 1.29 is 14.3 Å². The topological polar surface area (TPSA) is 58.6 Å². The molecule has 1 aliphatic rings. The molecule has 1 saturated heterocycles. The van der Waals surface area contributed by atoms with E-state index in [-0.39, 0.29) is 17.9 Å². The van der Waals surface area contributed by atoms with E-state index >= 15 is 0 Å². The highest BCUT2D eigenvalue weighted by Gasteiger charge is 2.27. The molecule has 5 heteroatoms. The quantitative estimate of drug-likeness (QED) is 0.855. The molecule has 1 heterocycles. The van der Waals surface area contributed by atoms with Gasteiger partial charge in [0.2, 0.25) is 5.91 Å². The van der Waals surface area contributed by atoms with Crippen LogP contribution in [0.1, 0.15) is 35.2 Å². The molecule has 1 unspecified atom stereocenters. The van der Waals surface area contributed by atoms with Crippen LogP contribution in [-0.4, -0.2) is 43.5 Å². The van der Waals surface area contributed by atoms with Gasteiger partial charge >= 0.3 is 5.97 Å². The summed E-state index contributed by atoms with van der Waals surface area (Å²) in [5.74, 6) is -0.247. The Morgan fingerprint density at radius 3 is 2.62 bits per heavy atom. The molecule has 1 amide bonds. The highest BCUT2D eigenvalue weighted by molar-refractivity contribution is 5.89. The smallest absolute Gasteiger partial charge is 0.337 e. The Kier molecular flexibility index (Phi) is 5.33. The van der Waals surface area contributed by atoms with Gasteiger partial charge in [0, 0.05) is 13.6 Å². The normalized spacial score (nSPS) is 19.0. The molecule has 0 bridgehead atoms. The van der Waals surface area contributed by atoms with Gasteiger partial charge in [-0.25, -0.2) is 4.79 Å². The molecule has 21 heavy (non-hydrogen) atoms. The molecule has 1 fully saturated rings. The fourth-order valence-corrected chi connectivity index (χ4v) is 2.74. The van der Waals surface area contributed by atoms with Crippen molar-refractivity contribution in [2.45, 2.75) is 31.8 Å². The molecular formula is C16H22N2O3. The highest BCUT2D eigenvalue weighted by atomic mass is 16.5. The summed E-state index contributed by atoms with van der Waals surface area (Å²) >= 11 is 0. The third-order valence-corrected chi connectivity index (χ3v) is 3.92. The number of nitrogens with zero attached hydrogens (tertiary/aromatic N) is 1. The number of amides is 1. The number of likely N-dealkylation sites (N-methyl/N-ethyl adjacent to an activating group) is 1. The predicted octanol–water partition coefficient (Wildman–Crippen LogP) is 1.57. The summed E-state index contributed by atoms with van der Waals surface area (Å²) in [6.45, 7) is 1.65. The standard InChI is InChI=1S/C16H22N2O3/c1-17-15(19)14-5-3-4-10-18(14)11-12-6-8-13(9-7-12)16(20)21-2/h6-9,14H,3-5,10-11H2,1-2H3,(H,17,19). The number of esters is 1. The maximum atomic E-state index is 11.9. The number of piperidine rings is 1. The number of benzene rings is 1. The summed E-state index contributed by atoms with van der Waals surface area (Å²) < 4.78 is 4.69. The number of methoxy groups -OCH3 is 1. The second kappa shape index (κ2) is 7.22. The minimum atomic E-state index is -0.331. The van der Waals surface area contributed by atoms with Crippen LogP contribution in [0.2, 0.25) is 0 Å². The van der Waals surface area contributed by atoms with Gasteiger partial charge in [-0.3, -0.25) is 9.69 Å². The van der Waals surface area contributed by atoms with E-state index in [1.807, 2.05) is 12.1 Å². The van der Waals surface area contributed by atoms with E-state index < -0.39 is 0 Å². The summed E-state index contributed by atoms with van der Waals surface area (Å²) in [7, 11) is 3.05. The number of hydrogen-bond acceptors (Lipinski definition) is 4. The molecule has 1 aromatic rings. The molecule has 0 aromatic heterocycles. The van der Waals surface area contributed by atoms with Crippen molar-refractivity contribution in [1.82, 2.24) is 10.2 Å². The third-order valence-electron chi connectivity index (χ3n) is 3.92. The first-order valence-corrected chi connectivity index (χ1v) is 7.28. The SMILES string of the molecule is CNC(=O)C1CCCCN1Cc1ccc(C(=O)OC)cc1. The molecule has 2 rings (SSSR count). The summed E-state index contributed by atoms with van der Waals surface area (Å²) in [5.41, 5.74) is 1.64. The van der Waals surface area contributed by atoms with Crippen LogP contribution in [0.25, 0.3) is 0 Å². The number of rotatable bonds is 4. The molecule has 0 spiro atoms. The van der Waals surface area contributed by atoms with E-state index in [0.717, 1.165) is 37.9 Å². The van der Waals surface area contributed by atoms with E-state index in [4.69, 9.17) is 0 Å². The zero-order valence-corrected chi connectivity index (χ0v) is 12.6. The Balaban J connectivity index is 2.05. The maximum absolute atomic E-state index is 11.9. The van der Waals surface area contributed by atoms with Crippen molar-refractivity contribution in [1.29, 1.82) is 0 Å². The lowest BCUT2D eigenvalue weighted by atomic mass is 10.00. The van der Waals surface area contributed by atoms with Crippen LogP contribution >= 0.6 is 0 Å². The molecular weight excluding hydrogens is 268 g/mol. The lowest BCUT2D eigenvalue weighted by Gasteiger charge is -2.34. The number of hydrogen-bond donors (Lipinski definition) is 1. The van der Waals surface area contributed by atoms with Crippen LogP contribution in [-0.2, 0) is 16.1 Å². The molecule has 1 aromatic carbocycles. The van der Waals surface area contributed by atoms with Crippen LogP contribution in [0.15, 0.2) is 24.3 Å². The minimum absolute atomic E-state index is 0.0518. The fourth-order valence-electron chi connectivity index (χ4n) is 2.74. The summed E-state index contributed by atoms with van der Waals surface area (Å²) in [4.78, 5) is 25.5. The second-order valence-electron chi connectivity index (χ2n) is 5.28. The number of carbonyl (C=O) groups excluding carboxylic acids is 2. The maximum Gasteiger partial charge on any atom is 0.337 e. The van der Waals surface area contributed by atoms with Crippen molar-refractivity contribution in [2.75, 3.05) is 20.7 Å². The van der Waals surface area contributed by atoms with Crippen LogP contribution in [0.5, 0.6) is 0 Å². The average Bonchev–Trinajstić information content (AvgIpc) is 2.54. The van der Waals surface area contributed by atoms with Crippen molar-refractivity contribution in [3.05, 3.63) is 35.4 Å². The van der Waals surface area contributed by atoms with Gasteiger partial charge in [0.25, 0.3) is 0 Å². The Morgan fingerprint density at radius 2 is 2.00 bits per heavy atom. The van der Waals surface area contributed by atoms with Crippen molar-refractivity contribution >= 4 is 11.9 Å². The molecule has 5 nitrogen and oxygen atoms in total. The highest BCUT2D eigenvalue weighted by Crippen LogP contribution is 2.20. The van der Waals surface area contributed by atoms with E-state index in [2.05, 4.69) is 15.0 Å². The Morgan fingerprint density at radius 1 is 1.29 bits per heavy atom. The molecule has 114 valence electrons. The largest absolute Gasteiger partial charge is 0.465 e. The number of ether oxygens (including phenoxy) is 1. The number of likely N-dealkylation sites (tertiary alicyclic amines) is 1. The van der Waals surface area contributed by atoms with E-state index in [1.54, 1.807) is 19.2 Å². The summed E-state index contributed by atoms with van der Waals surface area (Å²) in [6.07, 6.45) is 3.11. The van der Waals surface area contributed by atoms with E-state index in [1.165, 1.54) is 7.11 Å². The van der Waals surface area contributed by atoms with Gasteiger partial charge in [-0.2, -0.15) is 0 Å².